The van der Waals surface area contributed by atoms with Crippen LogP contribution in [0.4, 0.5) is 0 Å². The van der Waals surface area contributed by atoms with Crippen molar-refractivity contribution < 1.29 is 18.3 Å². The van der Waals surface area contributed by atoms with Crippen LogP contribution in [0, 0.1) is 13.8 Å². The predicted molar refractivity (Wildman–Crippen MR) is 86.9 cm³/mol. The van der Waals surface area contributed by atoms with Crippen molar-refractivity contribution in [2.24, 2.45) is 0 Å². The number of hydrogen-bond acceptors (Lipinski definition) is 5. The normalized spacial score (nSPS) is 13.1. The van der Waals surface area contributed by atoms with Gasteiger partial charge in [0.25, 0.3) is 0 Å². The number of ether oxygens (including phenoxy) is 1. The highest BCUT2D eigenvalue weighted by Gasteiger charge is 2.20. The number of benzene rings is 1. The SMILES string of the molecule is COc1ccc(S(=O)(=O)NC[C@@H](O)c2sccc2C)c(C)c1. The first kappa shape index (κ1) is 17.0. The zero-order chi connectivity index (χ0) is 16.3. The average molecular weight is 341 g/mol. The molecule has 0 unspecified atom stereocenters. The minimum Gasteiger partial charge on any atom is -0.497 e. The van der Waals surface area contributed by atoms with Crippen LogP contribution < -0.4 is 9.46 Å². The molecule has 1 atom stereocenters. The molecule has 22 heavy (non-hydrogen) atoms. The highest BCUT2D eigenvalue weighted by Crippen LogP contribution is 2.24. The van der Waals surface area contributed by atoms with E-state index < -0.39 is 16.1 Å². The molecule has 2 N–H and O–H groups in total. The average Bonchev–Trinajstić information content (AvgIpc) is 2.90. The number of hydrogen-bond donors (Lipinski definition) is 2. The maximum Gasteiger partial charge on any atom is 0.240 e. The van der Waals surface area contributed by atoms with Crippen molar-refractivity contribution in [3.05, 3.63) is 45.6 Å². The maximum atomic E-state index is 12.4. The third-order valence-electron chi connectivity index (χ3n) is 3.34. The largest absolute Gasteiger partial charge is 0.497 e. The van der Waals surface area contributed by atoms with Crippen LogP contribution in [0.3, 0.4) is 0 Å². The van der Waals surface area contributed by atoms with Gasteiger partial charge in [0.05, 0.1) is 12.0 Å². The number of rotatable bonds is 6. The Morgan fingerprint density at radius 1 is 1.27 bits per heavy atom. The Hall–Kier alpha value is -1.41. The van der Waals surface area contributed by atoms with Gasteiger partial charge in [0.15, 0.2) is 0 Å². The summed E-state index contributed by atoms with van der Waals surface area (Å²) < 4.78 is 32.2. The van der Waals surface area contributed by atoms with E-state index in [9.17, 15) is 13.5 Å². The van der Waals surface area contributed by atoms with Gasteiger partial charge in [-0.25, -0.2) is 13.1 Å². The molecule has 2 rings (SSSR count). The van der Waals surface area contributed by atoms with Crippen LogP contribution in [-0.4, -0.2) is 27.2 Å². The summed E-state index contributed by atoms with van der Waals surface area (Å²) in [4.78, 5) is 0.956. The number of aliphatic hydroxyl groups excluding tert-OH is 1. The van der Waals surface area contributed by atoms with E-state index >= 15 is 0 Å². The Labute approximate surface area is 134 Å². The van der Waals surface area contributed by atoms with Crippen molar-refractivity contribution in [2.45, 2.75) is 24.8 Å². The molecule has 2 aromatic rings. The number of aryl methyl sites for hydroxylation is 2. The van der Waals surface area contributed by atoms with Crippen LogP contribution >= 0.6 is 11.3 Å². The Morgan fingerprint density at radius 3 is 2.55 bits per heavy atom. The first-order valence-electron chi connectivity index (χ1n) is 6.71. The van der Waals surface area contributed by atoms with Crippen LogP contribution in [-0.2, 0) is 10.0 Å². The standard InChI is InChI=1S/C15H19NO4S2/c1-10-6-7-21-15(10)13(17)9-16-22(18,19)14-5-4-12(20-3)8-11(14)2/h4-8,13,16-17H,9H2,1-3H3/t13-/m1/s1. The van der Waals surface area contributed by atoms with Gasteiger partial charge in [0.2, 0.25) is 10.0 Å². The van der Waals surface area contributed by atoms with E-state index in [1.54, 1.807) is 19.1 Å². The van der Waals surface area contributed by atoms with Gasteiger partial charge in [-0.15, -0.1) is 11.3 Å². The highest BCUT2D eigenvalue weighted by atomic mass is 32.2. The van der Waals surface area contributed by atoms with Crippen molar-refractivity contribution >= 4 is 21.4 Å². The van der Waals surface area contributed by atoms with Gasteiger partial charge in [-0.05, 0) is 54.6 Å². The summed E-state index contributed by atoms with van der Waals surface area (Å²) in [5, 5.41) is 12.0. The Bertz CT molecular complexity index is 753. The molecule has 1 heterocycles. The van der Waals surface area contributed by atoms with E-state index in [1.165, 1.54) is 24.5 Å². The van der Waals surface area contributed by atoms with E-state index in [2.05, 4.69) is 4.72 Å². The summed E-state index contributed by atoms with van der Waals surface area (Å²) in [5.41, 5.74) is 1.55. The second kappa shape index (κ2) is 6.78. The minimum absolute atomic E-state index is 0.0604. The van der Waals surface area contributed by atoms with E-state index in [1.807, 2.05) is 18.4 Å². The molecule has 0 amide bonds. The molecule has 1 aromatic carbocycles. The van der Waals surface area contributed by atoms with Gasteiger partial charge < -0.3 is 9.84 Å². The predicted octanol–water partition coefficient (Wildman–Crippen LogP) is 2.39. The maximum absolute atomic E-state index is 12.4. The first-order valence-corrected chi connectivity index (χ1v) is 9.08. The van der Waals surface area contributed by atoms with Crippen molar-refractivity contribution in [3.63, 3.8) is 0 Å². The lowest BCUT2D eigenvalue weighted by Crippen LogP contribution is -2.29. The summed E-state index contributed by atoms with van der Waals surface area (Å²) in [6.45, 7) is 3.53. The van der Waals surface area contributed by atoms with Crippen LogP contribution in [0.2, 0.25) is 0 Å². The molecule has 0 aliphatic heterocycles. The number of methoxy groups -OCH3 is 1. The second-order valence-electron chi connectivity index (χ2n) is 4.97. The molecule has 0 radical (unpaired) electrons. The van der Waals surface area contributed by atoms with E-state index in [4.69, 9.17) is 4.74 Å². The number of aliphatic hydroxyl groups is 1. The Kier molecular flexibility index (Phi) is 5.23. The quantitative estimate of drug-likeness (QED) is 0.846. The van der Waals surface area contributed by atoms with Crippen LogP contribution in [0.25, 0.3) is 0 Å². The molecule has 120 valence electrons. The van der Waals surface area contributed by atoms with Gasteiger partial charge in [-0.2, -0.15) is 0 Å². The molecule has 0 spiro atoms. The van der Waals surface area contributed by atoms with Gasteiger partial charge in [-0.3, -0.25) is 0 Å². The Morgan fingerprint density at radius 2 is 2.00 bits per heavy atom. The van der Waals surface area contributed by atoms with Gasteiger partial charge in [-0.1, -0.05) is 0 Å². The fraction of sp³-hybridized carbons (Fsp3) is 0.333. The summed E-state index contributed by atoms with van der Waals surface area (Å²) in [5.74, 6) is 0.602. The molecular formula is C15H19NO4S2. The summed E-state index contributed by atoms with van der Waals surface area (Å²) in [6.07, 6.45) is -0.853. The topological polar surface area (TPSA) is 75.6 Å². The molecule has 1 aromatic heterocycles. The monoisotopic (exact) mass is 341 g/mol. The lowest BCUT2D eigenvalue weighted by molar-refractivity contribution is 0.185. The van der Waals surface area contributed by atoms with Crippen LogP contribution in [0.1, 0.15) is 22.1 Å². The number of sulfonamides is 1. The van der Waals surface area contributed by atoms with Gasteiger partial charge in [0, 0.05) is 11.4 Å². The van der Waals surface area contributed by atoms with Crippen molar-refractivity contribution in [1.82, 2.24) is 4.72 Å². The molecule has 5 nitrogen and oxygen atoms in total. The van der Waals surface area contributed by atoms with E-state index in [-0.39, 0.29) is 11.4 Å². The molecule has 7 heteroatoms. The fourth-order valence-corrected chi connectivity index (χ4v) is 4.31. The molecule has 0 bridgehead atoms. The molecule has 0 aliphatic rings. The van der Waals surface area contributed by atoms with Crippen molar-refractivity contribution in [3.8, 4) is 5.75 Å². The van der Waals surface area contributed by atoms with Crippen molar-refractivity contribution in [1.29, 1.82) is 0 Å². The lowest BCUT2D eigenvalue weighted by atomic mass is 10.2. The molecular weight excluding hydrogens is 322 g/mol. The molecule has 0 fully saturated rings. The zero-order valence-electron chi connectivity index (χ0n) is 12.7. The fourth-order valence-electron chi connectivity index (χ4n) is 2.14. The Balaban J connectivity index is 2.13. The third kappa shape index (κ3) is 3.67. The van der Waals surface area contributed by atoms with Gasteiger partial charge in [0.1, 0.15) is 11.9 Å². The number of nitrogens with one attached hydrogen (secondary N) is 1. The third-order valence-corrected chi connectivity index (χ3v) is 6.05. The van der Waals surface area contributed by atoms with E-state index in [0.717, 1.165) is 10.4 Å². The second-order valence-corrected chi connectivity index (χ2v) is 7.65. The van der Waals surface area contributed by atoms with Crippen LogP contribution in [0.5, 0.6) is 5.75 Å². The summed E-state index contributed by atoms with van der Waals surface area (Å²) in [6, 6.07) is 6.65. The summed E-state index contributed by atoms with van der Waals surface area (Å²) in [7, 11) is -2.15. The van der Waals surface area contributed by atoms with Crippen molar-refractivity contribution in [2.75, 3.05) is 13.7 Å². The minimum atomic E-state index is -3.68. The molecule has 0 saturated heterocycles. The van der Waals surface area contributed by atoms with Gasteiger partial charge >= 0.3 is 0 Å². The first-order chi connectivity index (χ1) is 10.3. The lowest BCUT2D eigenvalue weighted by Gasteiger charge is -2.14. The number of thiophene rings is 1. The molecule has 0 saturated carbocycles. The summed E-state index contributed by atoms with van der Waals surface area (Å²) >= 11 is 1.41. The van der Waals surface area contributed by atoms with E-state index in [0.29, 0.717) is 11.3 Å². The smallest absolute Gasteiger partial charge is 0.240 e. The highest BCUT2D eigenvalue weighted by molar-refractivity contribution is 7.89. The van der Waals surface area contributed by atoms with Crippen LogP contribution in [0.15, 0.2) is 34.5 Å². The molecule has 0 aliphatic carbocycles. The zero-order valence-corrected chi connectivity index (χ0v) is 14.3.